The predicted octanol–water partition coefficient (Wildman–Crippen LogP) is 6.10. The molecule has 0 heterocycles. The van der Waals surface area contributed by atoms with Gasteiger partial charge in [-0.15, -0.1) is 0 Å². The Morgan fingerprint density at radius 1 is 1.08 bits per heavy atom. The van der Waals surface area contributed by atoms with Gasteiger partial charge in [-0.2, -0.15) is 0 Å². The zero-order valence-corrected chi connectivity index (χ0v) is 15.8. The molecule has 0 fully saturated rings. The van der Waals surface area contributed by atoms with Crippen LogP contribution in [0.2, 0.25) is 0 Å². The van der Waals surface area contributed by atoms with Crippen LogP contribution in [0.25, 0.3) is 0 Å². The number of unbranched alkanes of at least 4 members (excludes halogenated alkanes) is 2. The molecule has 0 aliphatic heterocycles. The van der Waals surface area contributed by atoms with Crippen molar-refractivity contribution in [1.82, 2.24) is 0 Å². The first-order chi connectivity index (χ1) is 12.6. The van der Waals surface area contributed by atoms with Crippen LogP contribution in [0.3, 0.4) is 0 Å². The number of nitrogens with zero attached hydrogens (tertiary/aromatic N) is 1. The normalized spacial score (nSPS) is 13.9. The molecule has 3 nitrogen and oxygen atoms in total. The SMILES string of the molecule is CCCCCC(OC(=Nc1cccc(OC)c1)c1ccccc1)C(C)F. The lowest BCUT2D eigenvalue weighted by Crippen LogP contribution is -2.27. The average molecular weight is 357 g/mol. The minimum absolute atomic E-state index is 0.435. The number of ether oxygens (including phenoxy) is 2. The summed E-state index contributed by atoms with van der Waals surface area (Å²) >= 11 is 0. The summed E-state index contributed by atoms with van der Waals surface area (Å²) in [5.41, 5.74) is 1.54. The van der Waals surface area contributed by atoms with Crippen LogP contribution in [0.5, 0.6) is 5.75 Å². The molecule has 0 radical (unpaired) electrons. The van der Waals surface area contributed by atoms with Gasteiger partial charge in [-0.1, -0.05) is 44.0 Å². The molecular weight excluding hydrogens is 329 g/mol. The maximum atomic E-state index is 14.1. The van der Waals surface area contributed by atoms with E-state index in [2.05, 4.69) is 11.9 Å². The van der Waals surface area contributed by atoms with Crippen LogP contribution in [-0.2, 0) is 4.74 Å². The Morgan fingerprint density at radius 3 is 2.50 bits per heavy atom. The lowest BCUT2D eigenvalue weighted by molar-refractivity contribution is 0.0905. The van der Waals surface area contributed by atoms with E-state index in [-0.39, 0.29) is 0 Å². The average Bonchev–Trinajstić information content (AvgIpc) is 2.67. The summed E-state index contributed by atoms with van der Waals surface area (Å²) in [6, 6.07) is 17.1. The smallest absolute Gasteiger partial charge is 0.221 e. The van der Waals surface area contributed by atoms with E-state index in [1.54, 1.807) is 14.0 Å². The summed E-state index contributed by atoms with van der Waals surface area (Å²) in [5.74, 6) is 1.15. The number of rotatable bonds is 9. The van der Waals surface area contributed by atoms with Gasteiger partial charge < -0.3 is 9.47 Å². The monoisotopic (exact) mass is 357 g/mol. The summed E-state index contributed by atoms with van der Waals surface area (Å²) in [6.45, 7) is 3.68. The molecule has 2 aromatic carbocycles. The van der Waals surface area contributed by atoms with Gasteiger partial charge in [-0.3, -0.25) is 0 Å². The Bertz CT molecular complexity index is 686. The molecule has 0 bridgehead atoms. The first-order valence-corrected chi connectivity index (χ1v) is 9.23. The largest absolute Gasteiger partial charge is 0.497 e. The molecule has 0 amide bonds. The zero-order chi connectivity index (χ0) is 18.8. The van der Waals surface area contributed by atoms with E-state index in [9.17, 15) is 4.39 Å². The highest BCUT2D eigenvalue weighted by Crippen LogP contribution is 2.23. The second-order valence-electron chi connectivity index (χ2n) is 6.31. The molecule has 0 aromatic heterocycles. The Kier molecular flexibility index (Phi) is 8.13. The molecule has 0 saturated heterocycles. The first-order valence-electron chi connectivity index (χ1n) is 9.23. The van der Waals surface area contributed by atoms with Crippen molar-refractivity contribution in [2.75, 3.05) is 7.11 Å². The number of benzene rings is 2. The topological polar surface area (TPSA) is 30.8 Å². The molecule has 0 aliphatic carbocycles. The van der Waals surface area contributed by atoms with Crippen molar-refractivity contribution in [3.8, 4) is 5.75 Å². The van der Waals surface area contributed by atoms with E-state index < -0.39 is 12.3 Å². The van der Waals surface area contributed by atoms with Crippen LogP contribution < -0.4 is 4.74 Å². The molecule has 26 heavy (non-hydrogen) atoms. The molecule has 2 aromatic rings. The van der Waals surface area contributed by atoms with Gasteiger partial charge in [0.15, 0.2) is 0 Å². The molecule has 4 heteroatoms. The molecule has 0 aliphatic rings. The summed E-state index contributed by atoms with van der Waals surface area (Å²) in [6.07, 6.45) is 2.21. The van der Waals surface area contributed by atoms with E-state index in [1.807, 2.05) is 54.6 Å². The van der Waals surface area contributed by atoms with Crippen LogP contribution in [0.15, 0.2) is 59.6 Å². The number of alkyl halides is 1. The Balaban J connectivity index is 2.29. The molecule has 0 spiro atoms. The number of methoxy groups -OCH3 is 1. The summed E-state index contributed by atoms with van der Waals surface area (Å²) in [5, 5.41) is 0. The Morgan fingerprint density at radius 2 is 1.85 bits per heavy atom. The van der Waals surface area contributed by atoms with Crippen molar-refractivity contribution in [1.29, 1.82) is 0 Å². The molecule has 0 N–H and O–H groups in total. The molecule has 2 rings (SSSR count). The lowest BCUT2D eigenvalue weighted by atomic mass is 10.1. The van der Waals surface area contributed by atoms with Crippen molar-refractivity contribution < 1.29 is 13.9 Å². The predicted molar refractivity (Wildman–Crippen MR) is 105 cm³/mol. The van der Waals surface area contributed by atoms with Crippen LogP contribution in [-0.4, -0.2) is 25.3 Å². The molecule has 0 saturated carbocycles. The lowest BCUT2D eigenvalue weighted by Gasteiger charge is -2.21. The van der Waals surface area contributed by atoms with Gasteiger partial charge in [0, 0.05) is 11.6 Å². The highest BCUT2D eigenvalue weighted by Gasteiger charge is 2.21. The van der Waals surface area contributed by atoms with Crippen LogP contribution in [0.1, 0.15) is 45.1 Å². The third-order valence-electron chi connectivity index (χ3n) is 4.17. The van der Waals surface area contributed by atoms with Gasteiger partial charge in [0.1, 0.15) is 18.0 Å². The highest BCUT2D eigenvalue weighted by molar-refractivity contribution is 5.96. The van der Waals surface area contributed by atoms with Crippen LogP contribution >= 0.6 is 0 Å². The first kappa shape index (κ1) is 20.0. The fourth-order valence-corrected chi connectivity index (χ4v) is 2.66. The fourth-order valence-electron chi connectivity index (χ4n) is 2.66. The number of aliphatic imine (C=N–C) groups is 1. The van der Waals surface area contributed by atoms with Crippen molar-refractivity contribution in [3.05, 3.63) is 60.2 Å². The third-order valence-corrected chi connectivity index (χ3v) is 4.17. The van der Waals surface area contributed by atoms with E-state index in [1.165, 1.54) is 0 Å². The Hall–Kier alpha value is -2.36. The van der Waals surface area contributed by atoms with Gasteiger partial charge >= 0.3 is 0 Å². The summed E-state index contributed by atoms with van der Waals surface area (Å²) < 4.78 is 25.4. The minimum Gasteiger partial charge on any atom is -0.497 e. The van der Waals surface area contributed by atoms with E-state index in [0.717, 1.165) is 30.6 Å². The van der Waals surface area contributed by atoms with Gasteiger partial charge in [-0.25, -0.2) is 9.38 Å². The molecular formula is C22H28FNO2. The van der Waals surface area contributed by atoms with Crippen molar-refractivity contribution in [2.45, 2.75) is 51.8 Å². The van der Waals surface area contributed by atoms with Crippen molar-refractivity contribution >= 4 is 11.6 Å². The summed E-state index contributed by atoms with van der Waals surface area (Å²) in [7, 11) is 1.62. The molecule has 140 valence electrons. The highest BCUT2D eigenvalue weighted by atomic mass is 19.1. The molecule has 2 unspecified atom stereocenters. The number of hydrogen-bond donors (Lipinski definition) is 0. The maximum Gasteiger partial charge on any atom is 0.221 e. The number of hydrogen-bond acceptors (Lipinski definition) is 3. The quantitative estimate of drug-likeness (QED) is 0.308. The van der Waals surface area contributed by atoms with Crippen LogP contribution in [0, 0.1) is 0 Å². The van der Waals surface area contributed by atoms with Gasteiger partial charge in [0.25, 0.3) is 0 Å². The van der Waals surface area contributed by atoms with E-state index in [4.69, 9.17) is 9.47 Å². The summed E-state index contributed by atoms with van der Waals surface area (Å²) in [4.78, 5) is 4.64. The Labute approximate surface area is 155 Å². The van der Waals surface area contributed by atoms with Gasteiger partial charge in [-0.05, 0) is 44.0 Å². The van der Waals surface area contributed by atoms with E-state index >= 15 is 0 Å². The van der Waals surface area contributed by atoms with Gasteiger partial charge in [0.05, 0.1) is 12.8 Å². The third kappa shape index (κ3) is 6.17. The van der Waals surface area contributed by atoms with Crippen molar-refractivity contribution in [3.63, 3.8) is 0 Å². The maximum absolute atomic E-state index is 14.1. The number of halogens is 1. The van der Waals surface area contributed by atoms with Gasteiger partial charge in [0.2, 0.25) is 5.90 Å². The minimum atomic E-state index is -1.06. The zero-order valence-electron chi connectivity index (χ0n) is 15.8. The van der Waals surface area contributed by atoms with E-state index in [0.29, 0.717) is 18.0 Å². The van der Waals surface area contributed by atoms with Crippen LogP contribution in [0.4, 0.5) is 10.1 Å². The standard InChI is InChI=1S/C22H28FNO2/c1-4-5-7-15-21(17(2)23)26-22(18-11-8-6-9-12-18)24-19-13-10-14-20(16-19)25-3/h6,8-14,16-17,21H,4-5,7,15H2,1-3H3. The fraction of sp³-hybridized carbons (Fsp3) is 0.409. The second kappa shape index (κ2) is 10.6. The molecule has 2 atom stereocenters. The second-order valence-corrected chi connectivity index (χ2v) is 6.31. The van der Waals surface area contributed by atoms with Crippen molar-refractivity contribution in [2.24, 2.45) is 4.99 Å².